The molecule has 0 unspecified atom stereocenters. The maximum Gasteiger partial charge on any atom is 0.283 e. The third kappa shape index (κ3) is 3.88. The molecule has 2 heterocycles. The fraction of sp³-hybridized carbons (Fsp3) is 0.238. The Morgan fingerprint density at radius 2 is 1.86 bits per heavy atom. The number of amides is 1. The number of carbonyl (C=O) groups is 1. The summed E-state index contributed by atoms with van der Waals surface area (Å²) < 4.78 is 29.6. The van der Waals surface area contributed by atoms with Gasteiger partial charge in [-0.25, -0.2) is 0 Å². The molecule has 0 saturated carbocycles. The van der Waals surface area contributed by atoms with Crippen molar-refractivity contribution >= 4 is 27.3 Å². The normalized spacial score (nSPS) is 14.4. The van der Waals surface area contributed by atoms with E-state index in [2.05, 4.69) is 5.10 Å². The summed E-state index contributed by atoms with van der Waals surface area (Å²) in [6, 6.07) is 18.0. The average Bonchev–Trinajstić information content (AvgIpc) is 3.35. The summed E-state index contributed by atoms with van der Waals surface area (Å²) in [6.45, 7) is 0.811. The average molecular weight is 410 g/mol. The molecule has 0 spiro atoms. The summed E-state index contributed by atoms with van der Waals surface area (Å²) in [7, 11) is -2.21. The van der Waals surface area contributed by atoms with Gasteiger partial charge in [-0.05, 0) is 36.2 Å². The molecule has 1 aromatic heterocycles. The van der Waals surface area contributed by atoms with Gasteiger partial charge in [0.15, 0.2) is 5.03 Å². The highest BCUT2D eigenvalue weighted by Crippen LogP contribution is 2.30. The van der Waals surface area contributed by atoms with Gasteiger partial charge in [0, 0.05) is 31.9 Å². The van der Waals surface area contributed by atoms with Gasteiger partial charge < -0.3 is 4.90 Å². The van der Waals surface area contributed by atoms with Crippen molar-refractivity contribution in [2.45, 2.75) is 24.4 Å². The van der Waals surface area contributed by atoms with Crippen LogP contribution in [0.1, 0.15) is 18.4 Å². The van der Waals surface area contributed by atoms with E-state index in [0.29, 0.717) is 24.3 Å². The van der Waals surface area contributed by atoms with Gasteiger partial charge in [0.2, 0.25) is 5.91 Å². The van der Waals surface area contributed by atoms with E-state index in [4.69, 9.17) is 0 Å². The van der Waals surface area contributed by atoms with Crippen LogP contribution in [-0.2, 0) is 28.4 Å². The molecule has 8 heteroatoms. The van der Waals surface area contributed by atoms with E-state index < -0.39 is 10.0 Å². The number of hydrogen-bond donors (Lipinski definition) is 0. The smallest absolute Gasteiger partial charge is 0.283 e. The van der Waals surface area contributed by atoms with Crippen molar-refractivity contribution in [2.75, 3.05) is 15.7 Å². The molecule has 0 bridgehead atoms. The molecule has 0 atom stereocenters. The first-order valence-corrected chi connectivity index (χ1v) is 10.9. The van der Waals surface area contributed by atoms with Crippen LogP contribution in [0.2, 0.25) is 0 Å². The zero-order valence-corrected chi connectivity index (χ0v) is 16.9. The fourth-order valence-electron chi connectivity index (χ4n) is 3.45. The Morgan fingerprint density at radius 3 is 2.52 bits per heavy atom. The number of sulfonamides is 1. The largest absolute Gasteiger partial charge is 0.312 e. The Bertz CT molecular complexity index is 1130. The van der Waals surface area contributed by atoms with Gasteiger partial charge in [0.25, 0.3) is 10.0 Å². The Kier molecular flexibility index (Phi) is 5.10. The Balaban J connectivity index is 1.77. The van der Waals surface area contributed by atoms with Gasteiger partial charge in [0.05, 0.1) is 12.2 Å². The number of aromatic nitrogens is 2. The van der Waals surface area contributed by atoms with Crippen LogP contribution in [0, 0.1) is 0 Å². The summed E-state index contributed by atoms with van der Waals surface area (Å²) >= 11 is 0. The zero-order chi connectivity index (χ0) is 20.4. The zero-order valence-electron chi connectivity index (χ0n) is 16.1. The molecule has 4 rings (SSSR count). The van der Waals surface area contributed by atoms with E-state index >= 15 is 0 Å². The first kappa shape index (κ1) is 19.2. The van der Waals surface area contributed by atoms with Gasteiger partial charge in [-0.3, -0.25) is 13.8 Å². The van der Waals surface area contributed by atoms with Gasteiger partial charge in [-0.1, -0.05) is 36.4 Å². The lowest BCUT2D eigenvalue weighted by atomic mass is 10.2. The third-order valence-corrected chi connectivity index (χ3v) is 6.58. The van der Waals surface area contributed by atoms with Crippen molar-refractivity contribution in [3.05, 3.63) is 72.4 Å². The van der Waals surface area contributed by atoms with Crippen LogP contribution in [0.5, 0.6) is 0 Å². The highest BCUT2D eigenvalue weighted by molar-refractivity contribution is 7.92. The van der Waals surface area contributed by atoms with E-state index in [9.17, 15) is 13.2 Å². The fourth-order valence-corrected chi connectivity index (χ4v) is 4.85. The van der Waals surface area contributed by atoms with Crippen LogP contribution in [0.25, 0.3) is 0 Å². The molecular weight excluding hydrogens is 388 g/mol. The topological polar surface area (TPSA) is 75.5 Å². The molecule has 0 radical (unpaired) electrons. The van der Waals surface area contributed by atoms with E-state index in [-0.39, 0.29) is 17.5 Å². The number of rotatable bonds is 6. The molecule has 2 aromatic carbocycles. The van der Waals surface area contributed by atoms with Crippen molar-refractivity contribution < 1.29 is 13.2 Å². The van der Waals surface area contributed by atoms with Crippen molar-refractivity contribution in [1.29, 1.82) is 0 Å². The minimum Gasteiger partial charge on any atom is -0.312 e. The predicted molar refractivity (Wildman–Crippen MR) is 111 cm³/mol. The van der Waals surface area contributed by atoms with Crippen LogP contribution in [-0.4, -0.2) is 30.7 Å². The SMILES string of the molecule is Cn1ccc(S(=O)(=O)N(Cc2ccccc2)c2cccc(N3CCCC3=O)c2)n1. The Morgan fingerprint density at radius 1 is 1.07 bits per heavy atom. The highest BCUT2D eigenvalue weighted by Gasteiger charge is 2.29. The lowest BCUT2D eigenvalue weighted by Gasteiger charge is -2.25. The summed E-state index contributed by atoms with van der Waals surface area (Å²) in [6.07, 6.45) is 2.93. The molecule has 0 aliphatic carbocycles. The van der Waals surface area contributed by atoms with Gasteiger partial charge >= 0.3 is 0 Å². The van der Waals surface area contributed by atoms with E-state index in [1.54, 1.807) is 36.3 Å². The number of anilines is 2. The first-order valence-electron chi connectivity index (χ1n) is 9.42. The number of benzene rings is 2. The molecule has 29 heavy (non-hydrogen) atoms. The maximum atomic E-state index is 13.4. The molecule has 1 amide bonds. The minimum absolute atomic E-state index is 0.0152. The lowest BCUT2D eigenvalue weighted by Crippen LogP contribution is -2.31. The Hall–Kier alpha value is -3.13. The summed E-state index contributed by atoms with van der Waals surface area (Å²) in [5.41, 5.74) is 2.06. The molecule has 1 aliphatic rings. The molecule has 7 nitrogen and oxygen atoms in total. The van der Waals surface area contributed by atoms with Crippen molar-refractivity contribution in [1.82, 2.24) is 9.78 Å². The molecule has 0 N–H and O–H groups in total. The molecule has 1 saturated heterocycles. The van der Waals surface area contributed by atoms with Gasteiger partial charge in [-0.2, -0.15) is 13.5 Å². The second-order valence-electron chi connectivity index (χ2n) is 6.99. The lowest BCUT2D eigenvalue weighted by molar-refractivity contribution is -0.117. The first-order chi connectivity index (χ1) is 13.9. The van der Waals surface area contributed by atoms with Crippen LogP contribution < -0.4 is 9.21 Å². The number of hydrogen-bond acceptors (Lipinski definition) is 4. The summed E-state index contributed by atoms with van der Waals surface area (Å²) in [5, 5.41) is 4.09. The second-order valence-corrected chi connectivity index (χ2v) is 8.80. The van der Waals surface area contributed by atoms with E-state index in [0.717, 1.165) is 12.0 Å². The van der Waals surface area contributed by atoms with Crippen LogP contribution in [0.3, 0.4) is 0 Å². The van der Waals surface area contributed by atoms with Gasteiger partial charge in [-0.15, -0.1) is 0 Å². The third-order valence-electron chi connectivity index (χ3n) is 4.92. The standard InChI is InChI=1S/C21H22N4O3S/c1-23-14-12-20(22-23)29(27,28)25(16-17-7-3-2-4-8-17)19-10-5-9-18(15-19)24-13-6-11-21(24)26/h2-5,7-10,12,14-15H,6,11,13,16H2,1H3. The van der Waals surface area contributed by atoms with Crippen LogP contribution >= 0.6 is 0 Å². The van der Waals surface area contributed by atoms with Gasteiger partial charge in [0.1, 0.15) is 0 Å². The van der Waals surface area contributed by atoms with Crippen molar-refractivity contribution in [3.63, 3.8) is 0 Å². The summed E-state index contributed by atoms with van der Waals surface area (Å²) in [5.74, 6) is 0.0596. The van der Waals surface area contributed by atoms with Crippen LogP contribution in [0.4, 0.5) is 11.4 Å². The molecule has 3 aromatic rings. The molecular formula is C21H22N4O3S. The number of carbonyl (C=O) groups excluding carboxylic acids is 1. The predicted octanol–water partition coefficient (Wildman–Crippen LogP) is 2.94. The minimum atomic E-state index is -3.89. The van der Waals surface area contributed by atoms with E-state index in [1.807, 2.05) is 36.4 Å². The van der Waals surface area contributed by atoms with E-state index in [1.165, 1.54) is 15.1 Å². The second kappa shape index (κ2) is 7.71. The van der Waals surface area contributed by atoms with Crippen LogP contribution in [0.15, 0.2) is 71.9 Å². The number of aryl methyl sites for hydroxylation is 1. The highest BCUT2D eigenvalue weighted by atomic mass is 32.2. The van der Waals surface area contributed by atoms with Crippen molar-refractivity contribution in [2.24, 2.45) is 7.05 Å². The maximum absolute atomic E-state index is 13.4. The molecule has 1 fully saturated rings. The quantitative estimate of drug-likeness (QED) is 0.626. The molecule has 150 valence electrons. The Labute approximate surface area is 170 Å². The molecule has 1 aliphatic heterocycles. The number of nitrogens with zero attached hydrogens (tertiary/aromatic N) is 4. The van der Waals surface area contributed by atoms with Crippen molar-refractivity contribution in [3.8, 4) is 0 Å². The summed E-state index contributed by atoms with van der Waals surface area (Å²) in [4.78, 5) is 13.9. The monoisotopic (exact) mass is 410 g/mol.